The van der Waals surface area contributed by atoms with E-state index in [1.54, 1.807) is 23.3 Å². The third kappa shape index (κ3) is 2.07. The molecule has 0 N–H and O–H groups in total. The topological polar surface area (TPSA) is 73.6 Å². The van der Waals surface area contributed by atoms with Crippen LogP contribution in [-0.4, -0.2) is 24.5 Å². The molecule has 3 aromatic heterocycles. The van der Waals surface area contributed by atoms with Crippen molar-refractivity contribution >= 4 is 11.2 Å². The highest BCUT2D eigenvalue weighted by molar-refractivity contribution is 5.67. The Hall–Kier alpha value is -2.63. The van der Waals surface area contributed by atoms with Crippen LogP contribution in [0.3, 0.4) is 0 Å². The average Bonchev–Trinajstić information content (AvgIpc) is 3.37. The maximum absolute atomic E-state index is 12.8. The van der Waals surface area contributed by atoms with Crippen molar-refractivity contribution < 1.29 is 0 Å². The average molecular weight is 293 g/mol. The molecule has 0 aliphatic heterocycles. The van der Waals surface area contributed by atoms with Gasteiger partial charge in [-0.3, -0.25) is 14.3 Å². The summed E-state index contributed by atoms with van der Waals surface area (Å²) in [6, 6.07) is 3.86. The van der Waals surface area contributed by atoms with E-state index in [4.69, 9.17) is 0 Å². The first-order valence-corrected chi connectivity index (χ1v) is 7.35. The highest BCUT2D eigenvalue weighted by Crippen LogP contribution is 2.42. The van der Waals surface area contributed by atoms with Gasteiger partial charge < -0.3 is 0 Å². The minimum absolute atomic E-state index is 0.0763. The van der Waals surface area contributed by atoms with Gasteiger partial charge in [0, 0.05) is 18.6 Å². The third-order valence-electron chi connectivity index (χ3n) is 4.12. The standard InChI is InChI=1S/C16H15N5O/c1-10-3-2-6-17-12(10)14(11-4-5-11)21-9-20-15-13(16(21)22)18-7-8-19-15/h2-3,6-9,11,14H,4-5H2,1H3/t14-/m1/s1. The van der Waals surface area contributed by atoms with Crippen LogP contribution in [0.4, 0.5) is 0 Å². The molecule has 1 fully saturated rings. The Morgan fingerprint density at radius 3 is 2.73 bits per heavy atom. The lowest BCUT2D eigenvalue weighted by atomic mass is 10.0. The maximum Gasteiger partial charge on any atom is 0.282 e. The largest absolute Gasteiger partial charge is 0.288 e. The molecule has 22 heavy (non-hydrogen) atoms. The van der Waals surface area contributed by atoms with Gasteiger partial charge in [-0.1, -0.05) is 6.07 Å². The van der Waals surface area contributed by atoms with E-state index in [1.165, 1.54) is 6.20 Å². The van der Waals surface area contributed by atoms with E-state index in [0.717, 1.165) is 24.1 Å². The molecule has 1 atom stereocenters. The van der Waals surface area contributed by atoms with Crippen molar-refractivity contribution in [3.63, 3.8) is 0 Å². The van der Waals surface area contributed by atoms with Gasteiger partial charge in [0.05, 0.1) is 11.7 Å². The van der Waals surface area contributed by atoms with E-state index in [0.29, 0.717) is 17.1 Å². The first-order chi connectivity index (χ1) is 10.8. The number of rotatable bonds is 3. The summed E-state index contributed by atoms with van der Waals surface area (Å²) in [4.78, 5) is 29.8. The molecule has 3 aromatic rings. The van der Waals surface area contributed by atoms with Crippen LogP contribution in [0.1, 0.15) is 30.1 Å². The maximum atomic E-state index is 12.8. The molecule has 0 amide bonds. The summed E-state index contributed by atoms with van der Waals surface area (Å²) in [5.74, 6) is 0.433. The Kier molecular flexibility index (Phi) is 2.96. The fourth-order valence-electron chi connectivity index (χ4n) is 2.87. The van der Waals surface area contributed by atoms with E-state index >= 15 is 0 Å². The fraction of sp³-hybridized carbons (Fsp3) is 0.312. The number of hydrogen-bond donors (Lipinski definition) is 0. The summed E-state index contributed by atoms with van der Waals surface area (Å²) < 4.78 is 1.67. The molecule has 0 unspecified atom stereocenters. The molecule has 0 aromatic carbocycles. The molecule has 3 heterocycles. The molecule has 4 rings (SSSR count). The molecule has 0 radical (unpaired) electrons. The summed E-state index contributed by atoms with van der Waals surface area (Å²) in [5.41, 5.74) is 2.57. The number of aromatic nitrogens is 5. The van der Waals surface area contributed by atoms with Crippen molar-refractivity contribution in [1.29, 1.82) is 0 Å². The minimum Gasteiger partial charge on any atom is -0.288 e. The van der Waals surface area contributed by atoms with Crippen LogP contribution >= 0.6 is 0 Å². The molecule has 1 saturated carbocycles. The molecule has 0 saturated heterocycles. The van der Waals surface area contributed by atoms with Gasteiger partial charge in [-0.2, -0.15) is 0 Å². The molecule has 6 heteroatoms. The van der Waals surface area contributed by atoms with Gasteiger partial charge in [-0.25, -0.2) is 15.0 Å². The Morgan fingerprint density at radius 1 is 1.14 bits per heavy atom. The fourth-order valence-corrected chi connectivity index (χ4v) is 2.87. The zero-order valence-electron chi connectivity index (χ0n) is 12.2. The quantitative estimate of drug-likeness (QED) is 0.737. The summed E-state index contributed by atoms with van der Waals surface area (Å²) in [6.45, 7) is 2.02. The zero-order valence-corrected chi connectivity index (χ0v) is 12.2. The van der Waals surface area contributed by atoms with Crippen LogP contribution in [0.5, 0.6) is 0 Å². The summed E-state index contributed by atoms with van der Waals surface area (Å²) >= 11 is 0. The first kappa shape index (κ1) is 13.1. The second kappa shape index (κ2) is 4.98. The molecule has 0 spiro atoms. The number of aryl methyl sites for hydroxylation is 1. The van der Waals surface area contributed by atoms with Gasteiger partial charge in [0.25, 0.3) is 5.56 Å². The van der Waals surface area contributed by atoms with Gasteiger partial charge in [0.2, 0.25) is 0 Å². The Labute approximate surface area is 126 Å². The highest BCUT2D eigenvalue weighted by atomic mass is 16.1. The predicted octanol–water partition coefficient (Wildman–Crippen LogP) is 1.89. The molecule has 6 nitrogen and oxygen atoms in total. The predicted molar refractivity (Wildman–Crippen MR) is 81.4 cm³/mol. The molecule has 0 bridgehead atoms. The van der Waals surface area contributed by atoms with Crippen LogP contribution in [0.25, 0.3) is 11.2 Å². The first-order valence-electron chi connectivity index (χ1n) is 7.35. The zero-order chi connectivity index (χ0) is 15.1. The number of pyridine rings is 1. The normalized spacial score (nSPS) is 15.9. The van der Waals surface area contributed by atoms with Crippen molar-refractivity contribution in [2.75, 3.05) is 0 Å². The van der Waals surface area contributed by atoms with Gasteiger partial charge in [-0.05, 0) is 37.3 Å². The van der Waals surface area contributed by atoms with Crippen molar-refractivity contribution in [3.05, 3.63) is 58.7 Å². The van der Waals surface area contributed by atoms with E-state index in [-0.39, 0.29) is 11.6 Å². The van der Waals surface area contributed by atoms with E-state index < -0.39 is 0 Å². The van der Waals surface area contributed by atoms with E-state index in [9.17, 15) is 4.79 Å². The highest BCUT2D eigenvalue weighted by Gasteiger charge is 2.36. The second-order valence-electron chi connectivity index (χ2n) is 5.67. The van der Waals surface area contributed by atoms with Gasteiger partial charge >= 0.3 is 0 Å². The van der Waals surface area contributed by atoms with Gasteiger partial charge in [0.1, 0.15) is 6.33 Å². The molecule has 110 valence electrons. The summed E-state index contributed by atoms with van der Waals surface area (Å²) in [7, 11) is 0. The van der Waals surface area contributed by atoms with Crippen molar-refractivity contribution in [2.45, 2.75) is 25.8 Å². The Balaban J connectivity index is 1.93. The molecule has 1 aliphatic carbocycles. The van der Waals surface area contributed by atoms with Crippen molar-refractivity contribution in [2.24, 2.45) is 5.92 Å². The lowest BCUT2D eigenvalue weighted by molar-refractivity contribution is 0.486. The summed E-state index contributed by atoms with van der Waals surface area (Å²) in [5, 5.41) is 0. The smallest absolute Gasteiger partial charge is 0.282 e. The Morgan fingerprint density at radius 2 is 1.95 bits per heavy atom. The lowest BCUT2D eigenvalue weighted by Crippen LogP contribution is -2.29. The SMILES string of the molecule is Cc1cccnc1[C@@H](C1CC1)n1cnc2nccnc2c1=O. The van der Waals surface area contributed by atoms with Crippen LogP contribution in [0.15, 0.2) is 41.8 Å². The van der Waals surface area contributed by atoms with Crippen LogP contribution in [0, 0.1) is 12.8 Å². The van der Waals surface area contributed by atoms with Crippen molar-refractivity contribution in [3.8, 4) is 0 Å². The number of fused-ring (bicyclic) bond motifs is 1. The molecular weight excluding hydrogens is 278 g/mol. The van der Waals surface area contributed by atoms with Gasteiger partial charge in [0.15, 0.2) is 11.2 Å². The molecular formula is C16H15N5O. The number of hydrogen-bond acceptors (Lipinski definition) is 5. The molecule has 1 aliphatic rings. The van der Waals surface area contributed by atoms with Crippen LogP contribution < -0.4 is 5.56 Å². The van der Waals surface area contributed by atoms with Gasteiger partial charge in [-0.15, -0.1) is 0 Å². The van der Waals surface area contributed by atoms with Crippen molar-refractivity contribution in [1.82, 2.24) is 24.5 Å². The monoisotopic (exact) mass is 293 g/mol. The number of nitrogens with zero attached hydrogens (tertiary/aromatic N) is 5. The van der Waals surface area contributed by atoms with E-state index in [1.807, 2.05) is 19.1 Å². The second-order valence-corrected chi connectivity index (χ2v) is 5.67. The van der Waals surface area contributed by atoms with Crippen LogP contribution in [-0.2, 0) is 0 Å². The summed E-state index contributed by atoms with van der Waals surface area (Å²) in [6.07, 6.45) is 8.62. The Bertz CT molecular complexity index is 900. The van der Waals surface area contributed by atoms with E-state index in [2.05, 4.69) is 19.9 Å². The minimum atomic E-state index is -0.153. The lowest BCUT2D eigenvalue weighted by Gasteiger charge is -2.20. The van der Waals surface area contributed by atoms with Crippen LogP contribution in [0.2, 0.25) is 0 Å². The third-order valence-corrected chi connectivity index (χ3v) is 4.12.